The maximum absolute atomic E-state index is 6.01. The Hall–Kier alpha value is -1.86. The fourth-order valence-electron chi connectivity index (χ4n) is 2.54. The minimum atomic E-state index is -0.246. The van der Waals surface area contributed by atoms with E-state index in [-0.39, 0.29) is 5.60 Å². The van der Waals surface area contributed by atoms with Gasteiger partial charge in [0.25, 0.3) is 0 Å². The third-order valence-corrected chi connectivity index (χ3v) is 3.66. The van der Waals surface area contributed by atoms with Crippen LogP contribution in [0.4, 0.5) is 0 Å². The zero-order valence-electron chi connectivity index (χ0n) is 11.4. The van der Waals surface area contributed by atoms with Gasteiger partial charge in [-0.1, -0.05) is 54.6 Å². The van der Waals surface area contributed by atoms with Crippen LogP contribution in [-0.4, -0.2) is 5.60 Å². The molecular formula is C18H18O. The standard InChI is InChI=1S/C18H18O/c1-18(2)17(12-14-8-4-3-5-9-14)16-11-7-6-10-15(16)13-19-18/h3-12H,13H2,1-2H3/b17-12+. The fourth-order valence-corrected chi connectivity index (χ4v) is 2.54. The fraction of sp³-hybridized carbons (Fsp3) is 0.222. The first kappa shape index (κ1) is 12.2. The minimum Gasteiger partial charge on any atom is -0.366 e. The summed E-state index contributed by atoms with van der Waals surface area (Å²) in [6.45, 7) is 4.96. The van der Waals surface area contributed by atoms with Crippen LogP contribution in [0, 0.1) is 0 Å². The molecule has 96 valence electrons. The smallest absolute Gasteiger partial charge is 0.0885 e. The number of hydrogen-bond acceptors (Lipinski definition) is 1. The van der Waals surface area contributed by atoms with Crippen molar-refractivity contribution in [2.45, 2.75) is 26.1 Å². The Bertz CT molecular complexity index is 609. The average Bonchev–Trinajstić information content (AvgIpc) is 2.43. The van der Waals surface area contributed by atoms with E-state index < -0.39 is 0 Å². The van der Waals surface area contributed by atoms with E-state index in [1.54, 1.807) is 0 Å². The molecule has 1 heteroatoms. The molecule has 0 fully saturated rings. The van der Waals surface area contributed by atoms with Gasteiger partial charge in [-0.2, -0.15) is 0 Å². The van der Waals surface area contributed by atoms with E-state index in [9.17, 15) is 0 Å². The lowest BCUT2D eigenvalue weighted by molar-refractivity contribution is 0.00843. The molecule has 0 atom stereocenters. The lowest BCUT2D eigenvalue weighted by Crippen LogP contribution is -2.30. The molecule has 1 heterocycles. The molecule has 19 heavy (non-hydrogen) atoms. The van der Waals surface area contributed by atoms with Crippen molar-refractivity contribution in [3.8, 4) is 0 Å². The average molecular weight is 250 g/mol. The molecule has 0 radical (unpaired) electrons. The highest BCUT2D eigenvalue weighted by Gasteiger charge is 2.31. The molecule has 0 saturated heterocycles. The summed E-state index contributed by atoms with van der Waals surface area (Å²) >= 11 is 0. The van der Waals surface area contributed by atoms with Gasteiger partial charge in [0.1, 0.15) is 0 Å². The predicted molar refractivity (Wildman–Crippen MR) is 79.6 cm³/mol. The van der Waals surface area contributed by atoms with Crippen LogP contribution in [0.1, 0.15) is 30.5 Å². The normalized spacial score (nSPS) is 19.2. The van der Waals surface area contributed by atoms with Crippen molar-refractivity contribution in [2.24, 2.45) is 0 Å². The highest BCUT2D eigenvalue weighted by Crippen LogP contribution is 2.38. The zero-order valence-corrected chi connectivity index (χ0v) is 11.4. The Balaban J connectivity index is 2.14. The molecule has 0 aliphatic carbocycles. The van der Waals surface area contributed by atoms with Gasteiger partial charge in [0, 0.05) is 0 Å². The van der Waals surface area contributed by atoms with Gasteiger partial charge in [-0.05, 0) is 42.2 Å². The molecule has 2 aromatic carbocycles. The molecule has 0 amide bonds. The second-order valence-electron chi connectivity index (χ2n) is 5.42. The molecule has 1 nitrogen and oxygen atoms in total. The van der Waals surface area contributed by atoms with E-state index in [4.69, 9.17) is 4.74 Å². The van der Waals surface area contributed by atoms with Gasteiger partial charge in [0.2, 0.25) is 0 Å². The number of rotatable bonds is 1. The van der Waals surface area contributed by atoms with Crippen LogP contribution in [-0.2, 0) is 11.3 Å². The first-order valence-corrected chi connectivity index (χ1v) is 6.66. The highest BCUT2D eigenvalue weighted by molar-refractivity contribution is 5.87. The molecule has 0 spiro atoms. The summed E-state index contributed by atoms with van der Waals surface area (Å²) in [5, 5.41) is 0. The van der Waals surface area contributed by atoms with E-state index in [2.05, 4.69) is 68.5 Å². The van der Waals surface area contributed by atoms with Crippen molar-refractivity contribution < 1.29 is 4.74 Å². The lowest BCUT2D eigenvalue weighted by atomic mass is 9.84. The van der Waals surface area contributed by atoms with Crippen molar-refractivity contribution in [1.82, 2.24) is 0 Å². The topological polar surface area (TPSA) is 9.23 Å². The largest absolute Gasteiger partial charge is 0.366 e. The van der Waals surface area contributed by atoms with Crippen LogP contribution in [0.5, 0.6) is 0 Å². The Kier molecular flexibility index (Phi) is 3.00. The molecular weight excluding hydrogens is 232 g/mol. The van der Waals surface area contributed by atoms with Crippen molar-refractivity contribution in [2.75, 3.05) is 0 Å². The first-order chi connectivity index (χ1) is 9.17. The number of fused-ring (bicyclic) bond motifs is 1. The summed E-state index contributed by atoms with van der Waals surface area (Å²) in [6, 6.07) is 18.9. The molecule has 0 saturated carbocycles. The molecule has 2 aromatic rings. The molecule has 0 unspecified atom stereocenters. The Morgan fingerprint density at radius 3 is 2.42 bits per heavy atom. The molecule has 0 aromatic heterocycles. The van der Waals surface area contributed by atoms with Crippen LogP contribution in [0.2, 0.25) is 0 Å². The van der Waals surface area contributed by atoms with E-state index in [1.807, 2.05) is 6.07 Å². The second kappa shape index (κ2) is 4.67. The van der Waals surface area contributed by atoms with Crippen LogP contribution < -0.4 is 0 Å². The van der Waals surface area contributed by atoms with Gasteiger partial charge in [-0.25, -0.2) is 0 Å². The summed E-state index contributed by atoms with van der Waals surface area (Å²) in [5.74, 6) is 0. The monoisotopic (exact) mass is 250 g/mol. The van der Waals surface area contributed by atoms with Gasteiger partial charge >= 0.3 is 0 Å². The predicted octanol–water partition coefficient (Wildman–Crippen LogP) is 4.54. The quantitative estimate of drug-likeness (QED) is 0.722. The summed E-state index contributed by atoms with van der Waals surface area (Å²) < 4.78 is 6.01. The van der Waals surface area contributed by atoms with Crippen molar-refractivity contribution in [3.63, 3.8) is 0 Å². The number of ether oxygens (including phenoxy) is 1. The maximum atomic E-state index is 6.01. The maximum Gasteiger partial charge on any atom is 0.0885 e. The summed E-state index contributed by atoms with van der Waals surface area (Å²) in [5.41, 5.74) is 4.79. The summed E-state index contributed by atoms with van der Waals surface area (Å²) in [7, 11) is 0. The van der Waals surface area contributed by atoms with Crippen molar-refractivity contribution >= 4 is 11.6 Å². The SMILES string of the molecule is CC1(C)OCc2ccccc2/C1=C\c1ccccc1. The first-order valence-electron chi connectivity index (χ1n) is 6.66. The van der Waals surface area contributed by atoms with Crippen LogP contribution in [0.3, 0.4) is 0 Å². The van der Waals surface area contributed by atoms with Crippen LogP contribution in [0.15, 0.2) is 54.6 Å². The van der Waals surface area contributed by atoms with E-state index in [0.717, 1.165) is 0 Å². The van der Waals surface area contributed by atoms with Gasteiger partial charge < -0.3 is 4.74 Å². The molecule has 3 rings (SSSR count). The zero-order chi connectivity index (χ0) is 13.3. The second-order valence-corrected chi connectivity index (χ2v) is 5.42. The van der Waals surface area contributed by atoms with E-state index in [0.29, 0.717) is 6.61 Å². The Morgan fingerprint density at radius 1 is 0.947 bits per heavy atom. The molecule has 0 bridgehead atoms. The van der Waals surface area contributed by atoms with Crippen LogP contribution in [0.25, 0.3) is 11.6 Å². The number of benzene rings is 2. The van der Waals surface area contributed by atoms with E-state index in [1.165, 1.54) is 22.3 Å². The van der Waals surface area contributed by atoms with E-state index >= 15 is 0 Å². The van der Waals surface area contributed by atoms with Gasteiger partial charge in [-0.15, -0.1) is 0 Å². The molecule has 0 N–H and O–H groups in total. The van der Waals surface area contributed by atoms with Crippen LogP contribution >= 0.6 is 0 Å². The third kappa shape index (κ3) is 2.34. The lowest BCUT2D eigenvalue weighted by Gasteiger charge is -2.35. The number of hydrogen-bond donors (Lipinski definition) is 0. The van der Waals surface area contributed by atoms with Gasteiger partial charge in [0.05, 0.1) is 12.2 Å². The third-order valence-electron chi connectivity index (χ3n) is 3.66. The summed E-state index contributed by atoms with van der Waals surface area (Å²) in [6.07, 6.45) is 2.23. The highest BCUT2D eigenvalue weighted by atomic mass is 16.5. The molecule has 1 aliphatic rings. The molecule has 1 aliphatic heterocycles. The van der Waals surface area contributed by atoms with Crippen molar-refractivity contribution in [3.05, 3.63) is 71.3 Å². The summed E-state index contributed by atoms with van der Waals surface area (Å²) in [4.78, 5) is 0. The Morgan fingerprint density at radius 2 is 1.63 bits per heavy atom. The minimum absolute atomic E-state index is 0.246. The van der Waals surface area contributed by atoms with Gasteiger partial charge in [-0.3, -0.25) is 0 Å². The van der Waals surface area contributed by atoms with Crippen molar-refractivity contribution in [1.29, 1.82) is 0 Å². The Labute approximate surface area is 114 Å². The van der Waals surface area contributed by atoms with Gasteiger partial charge in [0.15, 0.2) is 0 Å².